The van der Waals surface area contributed by atoms with E-state index in [9.17, 15) is 0 Å². The molecule has 3 heterocycles. The Morgan fingerprint density at radius 3 is 2.75 bits per heavy atom. The summed E-state index contributed by atoms with van der Waals surface area (Å²) in [5.41, 5.74) is 3.45. The van der Waals surface area contributed by atoms with E-state index in [1.165, 1.54) is 5.56 Å². The molecule has 0 atom stereocenters. The number of hydrogen-bond acceptors (Lipinski definition) is 7. The van der Waals surface area contributed by atoms with Gasteiger partial charge < -0.3 is 14.1 Å². The molecule has 4 rings (SSSR count). The summed E-state index contributed by atoms with van der Waals surface area (Å²) in [4.78, 5) is 11.6. The highest BCUT2D eigenvalue weighted by atomic mass is 16.5. The van der Waals surface area contributed by atoms with Crippen LogP contribution in [0.3, 0.4) is 0 Å². The molecule has 3 aromatic heterocycles. The minimum atomic E-state index is 0.247. The molecule has 24 heavy (non-hydrogen) atoms. The number of imidazole rings is 1. The summed E-state index contributed by atoms with van der Waals surface area (Å²) < 4.78 is 10.8. The fraction of sp³-hybridized carbons (Fsp3) is 0.125. The Morgan fingerprint density at radius 2 is 1.96 bits per heavy atom. The molecular formula is C16H14N6O2. The van der Waals surface area contributed by atoms with Crippen LogP contribution >= 0.6 is 0 Å². The SMILES string of the molecule is COc1nccc2[nH]c(Nc3nnc(-c4ccc(C)cc4)o3)nc12. The molecule has 0 aliphatic heterocycles. The van der Waals surface area contributed by atoms with E-state index in [2.05, 4.69) is 30.5 Å². The van der Waals surface area contributed by atoms with Crippen molar-refractivity contribution < 1.29 is 9.15 Å². The molecule has 2 N–H and O–H groups in total. The number of nitrogens with one attached hydrogen (secondary N) is 2. The fourth-order valence-corrected chi connectivity index (χ4v) is 2.31. The molecule has 0 radical (unpaired) electrons. The van der Waals surface area contributed by atoms with Crippen LogP contribution in [0.25, 0.3) is 22.5 Å². The number of pyridine rings is 1. The summed E-state index contributed by atoms with van der Waals surface area (Å²) in [5, 5.41) is 11.0. The highest BCUT2D eigenvalue weighted by Crippen LogP contribution is 2.25. The molecule has 8 nitrogen and oxygen atoms in total. The summed E-state index contributed by atoms with van der Waals surface area (Å²) in [5.74, 6) is 1.35. The zero-order valence-corrected chi connectivity index (χ0v) is 13.1. The molecule has 0 saturated carbocycles. The summed E-state index contributed by atoms with van der Waals surface area (Å²) >= 11 is 0. The van der Waals surface area contributed by atoms with Gasteiger partial charge in [-0.25, -0.2) is 9.97 Å². The molecule has 0 spiro atoms. The largest absolute Gasteiger partial charge is 0.479 e. The molecule has 0 bridgehead atoms. The molecule has 0 amide bonds. The van der Waals surface area contributed by atoms with Gasteiger partial charge in [0.15, 0.2) is 5.52 Å². The third-order valence-corrected chi connectivity index (χ3v) is 3.51. The second kappa shape index (κ2) is 5.65. The van der Waals surface area contributed by atoms with Gasteiger partial charge in [0.25, 0.3) is 0 Å². The lowest BCUT2D eigenvalue weighted by molar-refractivity contribution is 0.402. The maximum atomic E-state index is 5.63. The zero-order valence-electron chi connectivity index (χ0n) is 13.1. The Balaban J connectivity index is 1.61. The van der Waals surface area contributed by atoms with E-state index in [1.807, 2.05) is 37.3 Å². The van der Waals surface area contributed by atoms with E-state index in [0.717, 1.165) is 11.1 Å². The van der Waals surface area contributed by atoms with Crippen LogP contribution in [0.5, 0.6) is 5.88 Å². The van der Waals surface area contributed by atoms with Crippen LogP contribution in [0.1, 0.15) is 5.56 Å². The minimum absolute atomic E-state index is 0.247. The maximum absolute atomic E-state index is 5.63. The molecule has 1 aromatic carbocycles. The van der Waals surface area contributed by atoms with Crippen molar-refractivity contribution in [3.05, 3.63) is 42.1 Å². The molecule has 8 heteroatoms. The van der Waals surface area contributed by atoms with Crippen molar-refractivity contribution in [3.8, 4) is 17.3 Å². The van der Waals surface area contributed by atoms with Crippen molar-refractivity contribution in [3.63, 3.8) is 0 Å². The van der Waals surface area contributed by atoms with Gasteiger partial charge in [-0.05, 0) is 25.1 Å². The first-order valence-electron chi connectivity index (χ1n) is 7.29. The number of ether oxygens (including phenoxy) is 1. The van der Waals surface area contributed by atoms with Crippen LogP contribution in [-0.2, 0) is 0 Å². The summed E-state index contributed by atoms with van der Waals surface area (Å²) in [7, 11) is 1.55. The molecule has 0 saturated heterocycles. The number of nitrogens with zero attached hydrogens (tertiary/aromatic N) is 4. The second-order valence-electron chi connectivity index (χ2n) is 5.21. The third kappa shape index (κ3) is 2.54. The van der Waals surface area contributed by atoms with Gasteiger partial charge in [0.1, 0.15) is 0 Å². The number of hydrogen-bond donors (Lipinski definition) is 2. The predicted molar refractivity (Wildman–Crippen MR) is 88.2 cm³/mol. The normalized spacial score (nSPS) is 10.9. The summed E-state index contributed by atoms with van der Waals surface area (Å²) in [6, 6.07) is 9.91. The lowest BCUT2D eigenvalue weighted by Crippen LogP contribution is -1.92. The maximum Gasteiger partial charge on any atom is 0.322 e. The van der Waals surface area contributed by atoms with Gasteiger partial charge >= 0.3 is 6.01 Å². The van der Waals surface area contributed by atoms with Crippen molar-refractivity contribution in [1.29, 1.82) is 0 Å². The Bertz CT molecular complexity index is 989. The Hall–Kier alpha value is -3.42. The van der Waals surface area contributed by atoms with E-state index in [0.29, 0.717) is 23.2 Å². The van der Waals surface area contributed by atoms with Gasteiger partial charge in [0, 0.05) is 11.8 Å². The number of anilines is 2. The fourth-order valence-electron chi connectivity index (χ4n) is 2.31. The topological polar surface area (TPSA) is 102 Å². The average molecular weight is 322 g/mol. The Kier molecular flexibility index (Phi) is 3.34. The number of methoxy groups -OCH3 is 1. The van der Waals surface area contributed by atoms with E-state index in [-0.39, 0.29) is 6.01 Å². The van der Waals surface area contributed by atoms with Crippen molar-refractivity contribution >= 4 is 23.0 Å². The van der Waals surface area contributed by atoms with Gasteiger partial charge in [0.2, 0.25) is 17.7 Å². The molecule has 4 aromatic rings. The van der Waals surface area contributed by atoms with Crippen molar-refractivity contribution in [2.75, 3.05) is 12.4 Å². The van der Waals surface area contributed by atoms with Gasteiger partial charge in [0.05, 0.1) is 12.6 Å². The monoisotopic (exact) mass is 322 g/mol. The van der Waals surface area contributed by atoms with E-state index < -0.39 is 0 Å². The lowest BCUT2D eigenvalue weighted by Gasteiger charge is -1.96. The van der Waals surface area contributed by atoms with Gasteiger partial charge in [-0.15, -0.1) is 5.10 Å². The number of aryl methyl sites for hydroxylation is 1. The van der Waals surface area contributed by atoms with Crippen molar-refractivity contribution in [2.24, 2.45) is 0 Å². The number of benzene rings is 1. The van der Waals surface area contributed by atoms with Gasteiger partial charge in [-0.1, -0.05) is 22.8 Å². The van der Waals surface area contributed by atoms with Gasteiger partial charge in [-0.2, -0.15) is 0 Å². The Morgan fingerprint density at radius 1 is 1.12 bits per heavy atom. The first kappa shape index (κ1) is 14.2. The molecule has 0 aliphatic rings. The number of H-pyrrole nitrogens is 1. The second-order valence-corrected chi connectivity index (χ2v) is 5.21. The van der Waals surface area contributed by atoms with Gasteiger partial charge in [-0.3, -0.25) is 5.32 Å². The molecule has 0 unspecified atom stereocenters. The molecule has 120 valence electrons. The smallest absolute Gasteiger partial charge is 0.322 e. The van der Waals surface area contributed by atoms with Crippen LogP contribution < -0.4 is 10.1 Å². The standard InChI is InChI=1S/C16H14N6O2/c1-9-3-5-10(6-4-9)13-21-22-16(24-13)20-15-18-11-7-8-17-14(23-2)12(11)19-15/h3-8H,1-2H3,(H2,18,19,20,22). The third-order valence-electron chi connectivity index (χ3n) is 3.51. The van der Waals surface area contributed by atoms with Crippen LogP contribution in [-0.4, -0.2) is 32.3 Å². The van der Waals surface area contributed by atoms with Crippen LogP contribution in [0.4, 0.5) is 12.0 Å². The van der Waals surface area contributed by atoms with E-state index >= 15 is 0 Å². The minimum Gasteiger partial charge on any atom is -0.479 e. The highest BCUT2D eigenvalue weighted by molar-refractivity contribution is 5.82. The first-order valence-corrected chi connectivity index (χ1v) is 7.29. The first-order chi connectivity index (χ1) is 11.7. The van der Waals surface area contributed by atoms with Crippen LogP contribution in [0.15, 0.2) is 40.9 Å². The molecule has 0 fully saturated rings. The summed E-state index contributed by atoms with van der Waals surface area (Å²) in [6.07, 6.45) is 1.64. The van der Waals surface area contributed by atoms with Crippen molar-refractivity contribution in [2.45, 2.75) is 6.92 Å². The lowest BCUT2D eigenvalue weighted by atomic mass is 10.1. The molecule has 0 aliphatic carbocycles. The van der Waals surface area contributed by atoms with E-state index in [4.69, 9.17) is 9.15 Å². The number of aromatic amines is 1. The summed E-state index contributed by atoms with van der Waals surface area (Å²) in [6.45, 7) is 2.02. The zero-order chi connectivity index (χ0) is 16.5. The molecular weight excluding hydrogens is 308 g/mol. The highest BCUT2D eigenvalue weighted by Gasteiger charge is 2.12. The number of aromatic nitrogens is 5. The van der Waals surface area contributed by atoms with Crippen molar-refractivity contribution in [1.82, 2.24) is 25.1 Å². The van der Waals surface area contributed by atoms with E-state index in [1.54, 1.807) is 13.3 Å². The predicted octanol–water partition coefficient (Wildman–Crippen LogP) is 3.07. The average Bonchev–Trinajstić information content (AvgIpc) is 3.22. The Labute approximate surface area is 136 Å². The van der Waals surface area contributed by atoms with Crippen LogP contribution in [0, 0.1) is 6.92 Å². The van der Waals surface area contributed by atoms with Crippen LogP contribution in [0.2, 0.25) is 0 Å². The quantitative estimate of drug-likeness (QED) is 0.595. The number of rotatable bonds is 4. The number of fused-ring (bicyclic) bond motifs is 1.